The van der Waals surface area contributed by atoms with Gasteiger partial charge in [0.2, 0.25) is 11.8 Å². The van der Waals surface area contributed by atoms with E-state index in [0.717, 1.165) is 13.0 Å². The van der Waals surface area contributed by atoms with Crippen molar-refractivity contribution in [3.05, 3.63) is 30.1 Å². The van der Waals surface area contributed by atoms with Gasteiger partial charge in [-0.05, 0) is 64.2 Å². The van der Waals surface area contributed by atoms with Crippen molar-refractivity contribution in [2.24, 2.45) is 5.41 Å². The molecule has 0 saturated heterocycles. The maximum Gasteiger partial charge on any atom is 0.240 e. The smallest absolute Gasteiger partial charge is 0.240 e. The second-order valence-electron chi connectivity index (χ2n) is 5.96. The maximum atomic E-state index is 12.8. The number of hydrogen-bond donors (Lipinski definition) is 2. The lowest BCUT2D eigenvalue weighted by Crippen LogP contribution is -2.40. The van der Waals surface area contributed by atoms with E-state index in [1.807, 2.05) is 19.0 Å². The molecule has 0 radical (unpaired) electrons. The number of halogens is 1. The molecule has 6 heteroatoms. The highest BCUT2D eigenvalue weighted by Gasteiger charge is 2.56. The van der Waals surface area contributed by atoms with Gasteiger partial charge in [-0.25, -0.2) is 4.39 Å². The first-order valence-electron chi connectivity index (χ1n) is 7.44. The van der Waals surface area contributed by atoms with Crippen LogP contribution in [0.3, 0.4) is 0 Å². The number of benzene rings is 1. The SMILES string of the molecule is CN(C)CCCNC(=O)C1(C(=O)Nc2ccc(F)cc2)CC1. The minimum Gasteiger partial charge on any atom is -0.355 e. The summed E-state index contributed by atoms with van der Waals surface area (Å²) in [6.45, 7) is 1.44. The topological polar surface area (TPSA) is 61.4 Å². The van der Waals surface area contributed by atoms with Gasteiger partial charge in [-0.15, -0.1) is 0 Å². The fraction of sp³-hybridized carbons (Fsp3) is 0.500. The minimum atomic E-state index is -0.952. The third-order valence-electron chi connectivity index (χ3n) is 3.79. The lowest BCUT2D eigenvalue weighted by atomic mass is 10.0. The number of nitrogens with zero attached hydrogens (tertiary/aromatic N) is 1. The Bertz CT molecular complexity index is 539. The third kappa shape index (κ3) is 4.04. The van der Waals surface area contributed by atoms with Gasteiger partial charge >= 0.3 is 0 Å². The molecule has 2 amide bonds. The Morgan fingerprint density at radius 1 is 1.18 bits per heavy atom. The van der Waals surface area contributed by atoms with Crippen LogP contribution in [0.4, 0.5) is 10.1 Å². The van der Waals surface area contributed by atoms with Crippen molar-refractivity contribution in [2.45, 2.75) is 19.3 Å². The highest BCUT2D eigenvalue weighted by molar-refractivity contribution is 6.13. The van der Waals surface area contributed by atoms with E-state index in [4.69, 9.17) is 0 Å². The number of amides is 2. The standard InChI is InChI=1S/C16H22FN3O2/c1-20(2)11-3-10-18-14(21)16(8-9-16)15(22)19-13-6-4-12(17)5-7-13/h4-7H,3,8-11H2,1-2H3,(H,18,21)(H,19,22). The van der Waals surface area contributed by atoms with Crippen molar-refractivity contribution in [3.63, 3.8) is 0 Å². The normalized spacial score (nSPS) is 15.5. The molecule has 120 valence electrons. The molecule has 1 aliphatic rings. The van der Waals surface area contributed by atoms with Crippen LogP contribution in [0.5, 0.6) is 0 Å². The summed E-state index contributed by atoms with van der Waals surface area (Å²) < 4.78 is 12.8. The second kappa shape index (κ2) is 6.87. The van der Waals surface area contributed by atoms with Gasteiger partial charge in [0.15, 0.2) is 0 Å². The van der Waals surface area contributed by atoms with Crippen LogP contribution in [0.25, 0.3) is 0 Å². The summed E-state index contributed by atoms with van der Waals surface area (Å²) in [7, 11) is 3.95. The molecule has 22 heavy (non-hydrogen) atoms. The lowest BCUT2D eigenvalue weighted by Gasteiger charge is -2.16. The molecule has 0 atom stereocenters. The third-order valence-corrected chi connectivity index (χ3v) is 3.79. The van der Waals surface area contributed by atoms with Crippen LogP contribution in [0, 0.1) is 11.2 Å². The van der Waals surface area contributed by atoms with E-state index in [1.165, 1.54) is 24.3 Å². The number of hydrogen-bond acceptors (Lipinski definition) is 3. The van der Waals surface area contributed by atoms with Crippen LogP contribution in [0.2, 0.25) is 0 Å². The molecule has 0 aliphatic heterocycles. The van der Waals surface area contributed by atoms with E-state index in [0.29, 0.717) is 25.1 Å². The molecular weight excluding hydrogens is 285 g/mol. The largest absolute Gasteiger partial charge is 0.355 e. The summed E-state index contributed by atoms with van der Waals surface area (Å²) >= 11 is 0. The van der Waals surface area contributed by atoms with Gasteiger partial charge in [0, 0.05) is 12.2 Å². The number of rotatable bonds is 7. The maximum absolute atomic E-state index is 12.8. The highest BCUT2D eigenvalue weighted by Crippen LogP contribution is 2.46. The van der Waals surface area contributed by atoms with Crippen LogP contribution in [0.15, 0.2) is 24.3 Å². The Hall–Kier alpha value is -1.95. The Kier molecular flexibility index (Phi) is 5.13. The van der Waals surface area contributed by atoms with E-state index < -0.39 is 5.41 Å². The highest BCUT2D eigenvalue weighted by atomic mass is 19.1. The van der Waals surface area contributed by atoms with Crippen LogP contribution in [-0.2, 0) is 9.59 Å². The molecule has 0 spiro atoms. The first-order chi connectivity index (χ1) is 10.4. The molecule has 2 N–H and O–H groups in total. The Balaban J connectivity index is 1.85. The predicted octanol–water partition coefficient (Wildman–Crippen LogP) is 1.61. The number of anilines is 1. The van der Waals surface area contributed by atoms with Gasteiger partial charge in [-0.1, -0.05) is 0 Å². The van der Waals surface area contributed by atoms with Crippen molar-refractivity contribution in [3.8, 4) is 0 Å². The molecule has 1 saturated carbocycles. The Labute approximate surface area is 129 Å². The molecule has 0 heterocycles. The number of nitrogens with one attached hydrogen (secondary N) is 2. The second-order valence-corrected chi connectivity index (χ2v) is 5.96. The van der Waals surface area contributed by atoms with Crippen molar-refractivity contribution >= 4 is 17.5 Å². The first-order valence-corrected chi connectivity index (χ1v) is 7.44. The zero-order chi connectivity index (χ0) is 16.2. The Morgan fingerprint density at radius 2 is 1.82 bits per heavy atom. The summed E-state index contributed by atoms with van der Waals surface area (Å²) in [4.78, 5) is 26.5. The molecule has 0 aromatic heterocycles. The van der Waals surface area contributed by atoms with Crippen molar-refractivity contribution in [1.82, 2.24) is 10.2 Å². The molecule has 1 fully saturated rings. The summed E-state index contributed by atoms with van der Waals surface area (Å²) in [5.41, 5.74) is -0.454. The zero-order valence-electron chi connectivity index (χ0n) is 13.0. The molecule has 0 bridgehead atoms. The van der Waals surface area contributed by atoms with E-state index in [9.17, 15) is 14.0 Å². The summed E-state index contributed by atoms with van der Waals surface area (Å²) in [6.07, 6.45) is 1.95. The van der Waals surface area contributed by atoms with Gasteiger partial charge in [-0.2, -0.15) is 0 Å². The van der Waals surface area contributed by atoms with E-state index in [-0.39, 0.29) is 17.6 Å². The van der Waals surface area contributed by atoms with Crippen LogP contribution >= 0.6 is 0 Å². The van der Waals surface area contributed by atoms with Gasteiger partial charge in [0.05, 0.1) is 0 Å². The Morgan fingerprint density at radius 3 is 2.36 bits per heavy atom. The monoisotopic (exact) mass is 307 g/mol. The summed E-state index contributed by atoms with van der Waals surface area (Å²) in [5.74, 6) is -0.896. The van der Waals surface area contributed by atoms with Crippen LogP contribution < -0.4 is 10.6 Å². The van der Waals surface area contributed by atoms with Crippen LogP contribution in [-0.4, -0.2) is 43.9 Å². The van der Waals surface area contributed by atoms with Gasteiger partial charge in [-0.3, -0.25) is 9.59 Å². The quantitative estimate of drug-likeness (QED) is 0.594. The molecule has 2 rings (SSSR count). The first kappa shape index (κ1) is 16.4. The van der Waals surface area contributed by atoms with Gasteiger partial charge < -0.3 is 15.5 Å². The zero-order valence-corrected chi connectivity index (χ0v) is 13.0. The molecule has 1 aliphatic carbocycles. The average Bonchev–Trinajstić information content (AvgIpc) is 3.27. The predicted molar refractivity (Wildman–Crippen MR) is 82.9 cm³/mol. The minimum absolute atomic E-state index is 0.217. The molecule has 5 nitrogen and oxygen atoms in total. The van der Waals surface area contributed by atoms with E-state index >= 15 is 0 Å². The van der Waals surface area contributed by atoms with Gasteiger partial charge in [0.25, 0.3) is 0 Å². The van der Waals surface area contributed by atoms with E-state index in [1.54, 1.807) is 0 Å². The summed E-state index contributed by atoms with van der Waals surface area (Å²) in [6, 6.07) is 5.52. The molecule has 0 unspecified atom stereocenters. The molecular formula is C16H22FN3O2. The fourth-order valence-corrected chi connectivity index (χ4v) is 2.23. The lowest BCUT2D eigenvalue weighted by molar-refractivity contribution is -0.134. The van der Waals surface area contributed by atoms with Crippen molar-refractivity contribution in [2.75, 3.05) is 32.5 Å². The van der Waals surface area contributed by atoms with E-state index in [2.05, 4.69) is 10.6 Å². The molecule has 1 aromatic carbocycles. The van der Waals surface area contributed by atoms with Crippen molar-refractivity contribution < 1.29 is 14.0 Å². The fourth-order valence-electron chi connectivity index (χ4n) is 2.23. The van der Waals surface area contributed by atoms with Crippen molar-refractivity contribution in [1.29, 1.82) is 0 Å². The summed E-state index contributed by atoms with van der Waals surface area (Å²) in [5, 5.41) is 5.52. The average molecular weight is 307 g/mol. The number of carbonyl (C=O) groups excluding carboxylic acids is 2. The molecule has 1 aromatic rings. The van der Waals surface area contributed by atoms with Gasteiger partial charge in [0.1, 0.15) is 11.2 Å². The van der Waals surface area contributed by atoms with Crippen LogP contribution in [0.1, 0.15) is 19.3 Å². The number of carbonyl (C=O) groups is 2.